The van der Waals surface area contributed by atoms with Crippen molar-refractivity contribution in [3.05, 3.63) is 60.7 Å². The smallest absolute Gasteiger partial charge is 0.388 e. The third-order valence-corrected chi connectivity index (χ3v) is 10.0. The average Bonchev–Trinajstić information content (AvgIpc) is 2.85. The van der Waals surface area contributed by atoms with Crippen LogP contribution in [0.3, 0.4) is 0 Å². The normalized spacial score (nSPS) is 12.9. The summed E-state index contributed by atoms with van der Waals surface area (Å²) < 4.78 is 13.9. The SMILES string of the molecule is CCCCCCCCCCCCO[Si](OC(CC)C(C)C)(c1ccccc1)c1ccccc1. The summed E-state index contributed by atoms with van der Waals surface area (Å²) in [5.41, 5.74) is 0. The van der Waals surface area contributed by atoms with Gasteiger partial charge in [0.15, 0.2) is 0 Å². The molecule has 184 valence electrons. The van der Waals surface area contributed by atoms with Crippen LogP contribution in [-0.2, 0) is 8.85 Å². The predicted molar refractivity (Wildman–Crippen MR) is 146 cm³/mol. The van der Waals surface area contributed by atoms with Crippen molar-refractivity contribution in [1.29, 1.82) is 0 Å². The number of hydrogen-bond donors (Lipinski definition) is 0. The molecule has 2 rings (SSSR count). The second-order valence-corrected chi connectivity index (χ2v) is 12.6. The van der Waals surface area contributed by atoms with E-state index in [0.29, 0.717) is 5.92 Å². The molecule has 0 saturated heterocycles. The number of benzene rings is 2. The number of rotatable bonds is 18. The lowest BCUT2D eigenvalue weighted by Gasteiger charge is -2.36. The first-order valence-electron chi connectivity index (χ1n) is 13.6. The van der Waals surface area contributed by atoms with Gasteiger partial charge in [-0.2, -0.15) is 0 Å². The average molecular weight is 469 g/mol. The maximum absolute atomic E-state index is 7.03. The summed E-state index contributed by atoms with van der Waals surface area (Å²) >= 11 is 0. The lowest BCUT2D eigenvalue weighted by atomic mass is 10.1. The van der Waals surface area contributed by atoms with Gasteiger partial charge in [0, 0.05) is 12.7 Å². The second kappa shape index (κ2) is 16.2. The van der Waals surface area contributed by atoms with Gasteiger partial charge < -0.3 is 8.85 Å². The molecule has 0 aromatic heterocycles. The summed E-state index contributed by atoms with van der Waals surface area (Å²) in [4.78, 5) is 0. The van der Waals surface area contributed by atoms with E-state index in [1.807, 2.05) is 0 Å². The lowest BCUT2D eigenvalue weighted by molar-refractivity contribution is 0.0936. The van der Waals surface area contributed by atoms with Crippen LogP contribution in [0.1, 0.15) is 98.3 Å². The van der Waals surface area contributed by atoms with Crippen LogP contribution in [0.2, 0.25) is 0 Å². The molecule has 0 aliphatic rings. The van der Waals surface area contributed by atoms with E-state index in [0.717, 1.165) is 19.4 Å². The van der Waals surface area contributed by atoms with Gasteiger partial charge in [0.2, 0.25) is 0 Å². The van der Waals surface area contributed by atoms with Crippen LogP contribution in [0, 0.1) is 5.92 Å². The summed E-state index contributed by atoms with van der Waals surface area (Å²) in [6.45, 7) is 9.78. The lowest BCUT2D eigenvalue weighted by Crippen LogP contribution is -2.65. The maximum atomic E-state index is 7.03. The first kappa shape index (κ1) is 27.8. The van der Waals surface area contributed by atoms with Crippen LogP contribution >= 0.6 is 0 Å². The van der Waals surface area contributed by atoms with Gasteiger partial charge in [-0.25, -0.2) is 0 Å². The Morgan fingerprint density at radius 3 is 1.52 bits per heavy atom. The van der Waals surface area contributed by atoms with Crippen molar-refractivity contribution in [1.82, 2.24) is 0 Å². The zero-order chi connectivity index (χ0) is 23.8. The van der Waals surface area contributed by atoms with Crippen molar-refractivity contribution in [2.75, 3.05) is 6.61 Å². The monoisotopic (exact) mass is 468 g/mol. The highest BCUT2D eigenvalue weighted by Crippen LogP contribution is 2.20. The van der Waals surface area contributed by atoms with Crippen molar-refractivity contribution < 1.29 is 8.85 Å². The van der Waals surface area contributed by atoms with Crippen LogP contribution in [0.25, 0.3) is 0 Å². The fourth-order valence-electron chi connectivity index (χ4n) is 4.53. The molecule has 0 N–H and O–H groups in total. The van der Waals surface area contributed by atoms with Crippen LogP contribution in [0.4, 0.5) is 0 Å². The summed E-state index contributed by atoms with van der Waals surface area (Å²) in [6.07, 6.45) is 14.5. The molecule has 0 saturated carbocycles. The van der Waals surface area contributed by atoms with E-state index >= 15 is 0 Å². The molecule has 2 nitrogen and oxygen atoms in total. The molecule has 3 heteroatoms. The largest absolute Gasteiger partial charge is 0.407 e. The highest BCUT2D eigenvalue weighted by molar-refractivity contribution is 6.92. The molecule has 0 fully saturated rings. The zero-order valence-electron chi connectivity index (χ0n) is 21.7. The Kier molecular flexibility index (Phi) is 13.7. The molecule has 2 aromatic rings. The topological polar surface area (TPSA) is 18.5 Å². The molecule has 0 heterocycles. The molecule has 1 atom stereocenters. The van der Waals surface area contributed by atoms with Gasteiger partial charge in [0.05, 0.1) is 0 Å². The van der Waals surface area contributed by atoms with Crippen molar-refractivity contribution in [2.45, 2.75) is 104 Å². The Morgan fingerprint density at radius 2 is 1.09 bits per heavy atom. The minimum absolute atomic E-state index is 0.185. The van der Waals surface area contributed by atoms with Gasteiger partial charge in [-0.1, -0.05) is 146 Å². The van der Waals surface area contributed by atoms with Crippen molar-refractivity contribution >= 4 is 18.9 Å². The molecular formula is C30H48O2Si. The molecule has 0 aliphatic carbocycles. The Hall–Kier alpha value is -1.42. The van der Waals surface area contributed by atoms with E-state index in [9.17, 15) is 0 Å². The highest BCUT2D eigenvalue weighted by Gasteiger charge is 2.44. The fraction of sp³-hybridized carbons (Fsp3) is 0.600. The summed E-state index contributed by atoms with van der Waals surface area (Å²) in [5, 5.41) is 2.42. The van der Waals surface area contributed by atoms with Crippen molar-refractivity contribution in [3.8, 4) is 0 Å². The summed E-state index contributed by atoms with van der Waals surface area (Å²) in [6, 6.07) is 21.4. The molecule has 1 unspecified atom stereocenters. The zero-order valence-corrected chi connectivity index (χ0v) is 22.7. The van der Waals surface area contributed by atoms with Crippen LogP contribution in [-0.4, -0.2) is 21.3 Å². The Labute approximate surface area is 205 Å². The molecule has 0 spiro atoms. The van der Waals surface area contributed by atoms with Gasteiger partial charge in [0.1, 0.15) is 0 Å². The maximum Gasteiger partial charge on any atom is 0.407 e. The molecule has 0 amide bonds. The third-order valence-electron chi connectivity index (χ3n) is 6.57. The minimum Gasteiger partial charge on any atom is -0.388 e. The van der Waals surface area contributed by atoms with E-state index < -0.39 is 8.56 Å². The Morgan fingerprint density at radius 1 is 0.636 bits per heavy atom. The van der Waals surface area contributed by atoms with Gasteiger partial charge in [-0.15, -0.1) is 0 Å². The highest BCUT2D eigenvalue weighted by atomic mass is 28.4. The van der Waals surface area contributed by atoms with E-state index in [4.69, 9.17) is 8.85 Å². The first-order chi connectivity index (χ1) is 16.1. The van der Waals surface area contributed by atoms with E-state index in [1.54, 1.807) is 0 Å². The third kappa shape index (κ3) is 9.39. The van der Waals surface area contributed by atoms with Crippen LogP contribution < -0.4 is 10.4 Å². The summed E-state index contributed by atoms with van der Waals surface area (Å²) in [5.74, 6) is 0.454. The predicted octanol–water partition coefficient (Wildman–Crippen LogP) is 7.63. The van der Waals surface area contributed by atoms with Crippen molar-refractivity contribution in [2.24, 2.45) is 5.92 Å². The van der Waals surface area contributed by atoms with Gasteiger partial charge in [-0.3, -0.25) is 0 Å². The fourth-order valence-corrected chi connectivity index (χ4v) is 8.09. The second-order valence-electron chi connectivity index (χ2n) is 9.69. The first-order valence-corrected chi connectivity index (χ1v) is 15.4. The van der Waals surface area contributed by atoms with Crippen molar-refractivity contribution in [3.63, 3.8) is 0 Å². The minimum atomic E-state index is -2.79. The molecular weight excluding hydrogens is 420 g/mol. The standard InChI is InChI=1S/C30H48O2Si/c1-5-7-8-9-10-11-12-13-14-21-26-31-33(28-22-17-15-18-23-28,29-24-19-16-20-25-29)32-30(6-2)27(3)4/h15-20,22-25,27,30H,5-14,21,26H2,1-4H3. The van der Waals surface area contributed by atoms with Gasteiger partial charge >= 0.3 is 8.56 Å². The van der Waals surface area contributed by atoms with E-state index in [-0.39, 0.29) is 6.10 Å². The number of unbranched alkanes of at least 4 members (excludes halogenated alkanes) is 9. The van der Waals surface area contributed by atoms with Gasteiger partial charge in [-0.05, 0) is 29.1 Å². The van der Waals surface area contributed by atoms with Crippen LogP contribution in [0.5, 0.6) is 0 Å². The summed E-state index contributed by atoms with van der Waals surface area (Å²) in [7, 11) is -2.79. The van der Waals surface area contributed by atoms with E-state index in [2.05, 4.69) is 88.4 Å². The quantitative estimate of drug-likeness (QED) is 0.165. The Bertz CT molecular complexity index is 677. The van der Waals surface area contributed by atoms with E-state index in [1.165, 1.54) is 68.2 Å². The molecule has 0 radical (unpaired) electrons. The molecule has 33 heavy (non-hydrogen) atoms. The van der Waals surface area contributed by atoms with Crippen LogP contribution in [0.15, 0.2) is 60.7 Å². The molecule has 0 aliphatic heterocycles. The molecule has 0 bridgehead atoms. The molecule has 2 aromatic carbocycles. The van der Waals surface area contributed by atoms with Gasteiger partial charge in [0.25, 0.3) is 0 Å². The Balaban J connectivity index is 2.02. The number of hydrogen-bond acceptors (Lipinski definition) is 2.